The maximum atomic E-state index is 13.6. The fourth-order valence-corrected chi connectivity index (χ4v) is 3.23. The highest BCUT2D eigenvalue weighted by Crippen LogP contribution is 2.26. The summed E-state index contributed by atoms with van der Waals surface area (Å²) in [4.78, 5) is 25.8. The van der Waals surface area contributed by atoms with Gasteiger partial charge in [0, 0.05) is 11.6 Å². The molecule has 1 saturated heterocycles. The molecule has 3 rings (SSSR count). The minimum atomic E-state index is -0.433. The molecule has 1 aliphatic heterocycles. The van der Waals surface area contributed by atoms with Gasteiger partial charge in [-0.1, -0.05) is 12.1 Å². The minimum Gasteiger partial charge on any atom is -0.454 e. The lowest BCUT2D eigenvalue weighted by molar-refractivity contribution is -0.124. The summed E-state index contributed by atoms with van der Waals surface area (Å²) in [5.74, 6) is -0.301. The Kier molecular flexibility index (Phi) is 6.26. The summed E-state index contributed by atoms with van der Waals surface area (Å²) in [5, 5.41) is 2.90. The maximum absolute atomic E-state index is 13.6. The summed E-state index contributed by atoms with van der Waals surface area (Å²) in [6.07, 6.45) is 1.36. The normalized spacial score (nSPS) is 16.4. The third-order valence-electron chi connectivity index (χ3n) is 5.05. The van der Waals surface area contributed by atoms with Crippen LogP contribution in [0.4, 0.5) is 10.1 Å². The molecule has 0 radical (unpaired) electrons. The van der Waals surface area contributed by atoms with E-state index in [1.165, 1.54) is 6.07 Å². The van der Waals surface area contributed by atoms with Gasteiger partial charge in [0.05, 0.1) is 6.04 Å². The second-order valence-electron chi connectivity index (χ2n) is 6.93. The van der Waals surface area contributed by atoms with E-state index >= 15 is 0 Å². The maximum Gasteiger partial charge on any atom is 0.234 e. The van der Waals surface area contributed by atoms with E-state index in [1.807, 2.05) is 4.90 Å². The molecule has 2 amide bonds. The van der Waals surface area contributed by atoms with Crippen LogP contribution < -0.4 is 15.8 Å². The van der Waals surface area contributed by atoms with Gasteiger partial charge < -0.3 is 15.8 Å². The first-order chi connectivity index (χ1) is 13.4. The molecule has 0 bridgehead atoms. The molecular weight excluding hydrogens is 361 g/mol. The summed E-state index contributed by atoms with van der Waals surface area (Å²) in [6, 6.07) is 12.7. The summed E-state index contributed by atoms with van der Waals surface area (Å²) in [5.41, 5.74) is 5.99. The van der Waals surface area contributed by atoms with Crippen molar-refractivity contribution in [3.05, 3.63) is 54.3 Å². The van der Waals surface area contributed by atoms with Gasteiger partial charge in [-0.3, -0.25) is 14.5 Å². The van der Waals surface area contributed by atoms with Gasteiger partial charge in [-0.15, -0.1) is 0 Å². The van der Waals surface area contributed by atoms with Gasteiger partial charge in [0.25, 0.3) is 0 Å². The third kappa shape index (κ3) is 4.86. The van der Waals surface area contributed by atoms with Crippen molar-refractivity contribution < 1.29 is 18.7 Å². The number of rotatable bonds is 6. The number of benzene rings is 2. The van der Waals surface area contributed by atoms with E-state index in [0.717, 1.165) is 0 Å². The molecule has 148 valence electrons. The van der Waals surface area contributed by atoms with Crippen molar-refractivity contribution in [3.63, 3.8) is 0 Å². The number of nitrogens with two attached hydrogens (primary N) is 1. The topological polar surface area (TPSA) is 84.7 Å². The van der Waals surface area contributed by atoms with E-state index in [-0.39, 0.29) is 29.5 Å². The van der Waals surface area contributed by atoms with Gasteiger partial charge in [-0.25, -0.2) is 4.39 Å². The van der Waals surface area contributed by atoms with Crippen LogP contribution >= 0.6 is 0 Å². The molecule has 3 N–H and O–H groups in total. The fourth-order valence-electron chi connectivity index (χ4n) is 3.23. The van der Waals surface area contributed by atoms with Crippen molar-refractivity contribution in [2.45, 2.75) is 25.8 Å². The Bertz CT molecular complexity index is 833. The van der Waals surface area contributed by atoms with Gasteiger partial charge >= 0.3 is 0 Å². The summed E-state index contributed by atoms with van der Waals surface area (Å²) >= 11 is 0. The van der Waals surface area contributed by atoms with Crippen LogP contribution in [-0.4, -0.2) is 35.8 Å². The number of anilines is 1. The van der Waals surface area contributed by atoms with Crippen molar-refractivity contribution in [1.29, 1.82) is 0 Å². The Labute approximate surface area is 163 Å². The zero-order valence-corrected chi connectivity index (χ0v) is 15.7. The van der Waals surface area contributed by atoms with Gasteiger partial charge in [-0.2, -0.15) is 0 Å². The van der Waals surface area contributed by atoms with E-state index in [0.29, 0.717) is 37.4 Å². The van der Waals surface area contributed by atoms with Crippen molar-refractivity contribution >= 4 is 17.5 Å². The highest BCUT2D eigenvalue weighted by molar-refractivity contribution is 5.92. The molecule has 6 nitrogen and oxygen atoms in total. The van der Waals surface area contributed by atoms with E-state index in [2.05, 4.69) is 5.32 Å². The first kappa shape index (κ1) is 19.8. The number of halogens is 1. The predicted molar refractivity (Wildman–Crippen MR) is 104 cm³/mol. The predicted octanol–water partition coefficient (Wildman–Crippen LogP) is 3.14. The van der Waals surface area contributed by atoms with E-state index in [9.17, 15) is 14.0 Å². The lowest BCUT2D eigenvalue weighted by atomic mass is 9.95. The first-order valence-corrected chi connectivity index (χ1v) is 9.30. The lowest BCUT2D eigenvalue weighted by Gasteiger charge is -2.34. The highest BCUT2D eigenvalue weighted by Gasteiger charge is 2.28. The van der Waals surface area contributed by atoms with E-state index in [4.69, 9.17) is 10.5 Å². The quantitative estimate of drug-likeness (QED) is 0.800. The van der Waals surface area contributed by atoms with Crippen LogP contribution in [0.25, 0.3) is 0 Å². The van der Waals surface area contributed by atoms with Crippen LogP contribution in [0.15, 0.2) is 48.5 Å². The number of nitrogens with zero attached hydrogens (tertiary/aromatic N) is 1. The summed E-state index contributed by atoms with van der Waals surface area (Å²) < 4.78 is 19.2. The van der Waals surface area contributed by atoms with Crippen LogP contribution in [0.5, 0.6) is 11.5 Å². The van der Waals surface area contributed by atoms with Crippen molar-refractivity contribution in [2.24, 2.45) is 11.7 Å². The number of primary amides is 1. The average Bonchev–Trinajstić information content (AvgIpc) is 2.70. The van der Waals surface area contributed by atoms with E-state index < -0.39 is 5.82 Å². The Hall–Kier alpha value is -2.93. The molecule has 1 heterocycles. The monoisotopic (exact) mass is 385 g/mol. The fraction of sp³-hybridized carbons (Fsp3) is 0.333. The molecule has 7 heteroatoms. The van der Waals surface area contributed by atoms with Crippen molar-refractivity contribution in [2.75, 3.05) is 18.4 Å². The molecule has 0 unspecified atom stereocenters. The summed E-state index contributed by atoms with van der Waals surface area (Å²) in [7, 11) is 0. The van der Waals surface area contributed by atoms with Crippen LogP contribution in [0, 0.1) is 11.7 Å². The number of carbonyl (C=O) groups is 2. The van der Waals surface area contributed by atoms with Crippen LogP contribution in [0.2, 0.25) is 0 Å². The molecule has 0 spiro atoms. The smallest absolute Gasteiger partial charge is 0.234 e. The number of piperidine rings is 1. The number of amides is 2. The van der Waals surface area contributed by atoms with Gasteiger partial charge in [-0.05, 0) is 69.3 Å². The Balaban J connectivity index is 1.52. The number of ether oxygens (including phenoxy) is 1. The first-order valence-electron chi connectivity index (χ1n) is 9.30. The molecule has 1 atom stereocenters. The van der Waals surface area contributed by atoms with Gasteiger partial charge in [0.1, 0.15) is 5.75 Å². The van der Waals surface area contributed by atoms with Crippen molar-refractivity contribution in [1.82, 2.24) is 4.90 Å². The number of likely N-dealkylation sites (tertiary alicyclic amines) is 1. The molecule has 2 aromatic rings. The number of nitrogens with one attached hydrogen (secondary N) is 1. The molecule has 1 fully saturated rings. The van der Waals surface area contributed by atoms with Crippen LogP contribution in [-0.2, 0) is 9.59 Å². The van der Waals surface area contributed by atoms with Crippen LogP contribution in [0.1, 0.15) is 19.8 Å². The second-order valence-corrected chi connectivity index (χ2v) is 6.93. The Morgan fingerprint density at radius 2 is 1.79 bits per heavy atom. The largest absolute Gasteiger partial charge is 0.454 e. The molecule has 28 heavy (non-hydrogen) atoms. The Morgan fingerprint density at radius 1 is 1.14 bits per heavy atom. The standard InChI is InChI=1S/C21H24FN3O3/c1-14(20(23)26)25-12-10-15(11-13-25)21(27)24-16-6-8-17(9-7-16)28-19-5-3-2-4-18(19)22/h2-9,14-15H,10-13H2,1H3,(H2,23,26)(H,24,27)/t14-/m0/s1. The number of hydrogen-bond acceptors (Lipinski definition) is 4. The molecule has 0 aromatic heterocycles. The molecule has 2 aromatic carbocycles. The summed E-state index contributed by atoms with van der Waals surface area (Å²) in [6.45, 7) is 3.11. The minimum absolute atomic E-state index is 0.0471. The van der Waals surface area contributed by atoms with Gasteiger partial charge in [0.2, 0.25) is 11.8 Å². The number of carbonyl (C=O) groups excluding carboxylic acids is 2. The number of para-hydroxylation sites is 1. The Morgan fingerprint density at radius 3 is 2.39 bits per heavy atom. The molecule has 0 saturated carbocycles. The lowest BCUT2D eigenvalue weighted by Crippen LogP contribution is -2.47. The zero-order valence-electron chi connectivity index (χ0n) is 15.7. The zero-order chi connectivity index (χ0) is 20.1. The van der Waals surface area contributed by atoms with Gasteiger partial charge in [0.15, 0.2) is 11.6 Å². The third-order valence-corrected chi connectivity index (χ3v) is 5.05. The van der Waals surface area contributed by atoms with Crippen molar-refractivity contribution in [3.8, 4) is 11.5 Å². The average molecular weight is 385 g/mol. The molecule has 0 aliphatic carbocycles. The molecule has 1 aliphatic rings. The van der Waals surface area contributed by atoms with E-state index in [1.54, 1.807) is 49.4 Å². The second kappa shape index (κ2) is 8.84. The molecular formula is C21H24FN3O3. The highest BCUT2D eigenvalue weighted by atomic mass is 19.1. The number of hydrogen-bond donors (Lipinski definition) is 2. The SMILES string of the molecule is C[C@@H](C(N)=O)N1CCC(C(=O)Nc2ccc(Oc3ccccc3F)cc2)CC1. The van der Waals surface area contributed by atoms with Crippen LogP contribution in [0.3, 0.4) is 0 Å².